The molecule has 2 heterocycles. The van der Waals surface area contributed by atoms with Crippen LogP contribution in [0.4, 0.5) is 17.5 Å². The third-order valence-electron chi connectivity index (χ3n) is 4.31. The van der Waals surface area contributed by atoms with Gasteiger partial charge in [-0.25, -0.2) is 0 Å². The minimum atomic E-state index is -0.698. The molecular formula is C19H25N7OS. The molecule has 0 fully saturated rings. The SMILES string of the molecule is CC(C)C[C@@H](Nc1nnc(C(N)=O)c(Nc2ccc3sccc3c2)n1)[C@H](C)N. The molecule has 0 bridgehead atoms. The van der Waals surface area contributed by atoms with E-state index in [4.69, 9.17) is 11.5 Å². The lowest BCUT2D eigenvalue weighted by Gasteiger charge is -2.24. The third kappa shape index (κ3) is 4.73. The Morgan fingerprint density at radius 3 is 2.68 bits per heavy atom. The Hall–Kier alpha value is -2.78. The molecule has 2 aromatic heterocycles. The van der Waals surface area contributed by atoms with Crippen LogP contribution in [0.15, 0.2) is 29.6 Å². The molecule has 0 aliphatic rings. The Labute approximate surface area is 167 Å². The number of hydrogen-bond donors (Lipinski definition) is 4. The van der Waals surface area contributed by atoms with E-state index in [2.05, 4.69) is 39.7 Å². The summed E-state index contributed by atoms with van der Waals surface area (Å²) in [6.45, 7) is 6.18. The number of primary amides is 1. The number of nitrogens with zero attached hydrogens (tertiary/aromatic N) is 3. The number of rotatable bonds is 8. The quantitative estimate of drug-likeness (QED) is 0.457. The van der Waals surface area contributed by atoms with Crippen LogP contribution in [0.5, 0.6) is 0 Å². The molecule has 0 saturated heterocycles. The Balaban J connectivity index is 1.89. The van der Waals surface area contributed by atoms with Crippen molar-refractivity contribution in [3.8, 4) is 0 Å². The second kappa shape index (κ2) is 8.49. The Morgan fingerprint density at radius 1 is 1.21 bits per heavy atom. The molecule has 0 radical (unpaired) electrons. The van der Waals surface area contributed by atoms with E-state index in [1.165, 1.54) is 4.70 Å². The van der Waals surface area contributed by atoms with Crippen LogP contribution in [-0.4, -0.2) is 33.2 Å². The topological polar surface area (TPSA) is 132 Å². The van der Waals surface area contributed by atoms with Crippen LogP contribution in [-0.2, 0) is 0 Å². The van der Waals surface area contributed by atoms with Crippen LogP contribution in [0.25, 0.3) is 10.1 Å². The Morgan fingerprint density at radius 2 is 2.00 bits per heavy atom. The fourth-order valence-corrected chi connectivity index (χ4v) is 3.67. The number of benzene rings is 1. The lowest BCUT2D eigenvalue weighted by molar-refractivity contribution is 0.0995. The summed E-state index contributed by atoms with van der Waals surface area (Å²) in [4.78, 5) is 16.2. The number of thiophene rings is 1. The molecule has 0 unspecified atom stereocenters. The number of amides is 1. The van der Waals surface area contributed by atoms with Gasteiger partial charge in [0.05, 0.1) is 0 Å². The summed E-state index contributed by atoms with van der Waals surface area (Å²) in [5, 5.41) is 17.5. The highest BCUT2D eigenvalue weighted by molar-refractivity contribution is 7.17. The standard InChI is InChI=1S/C19H25N7OS/c1-10(2)8-14(11(3)20)23-19-24-18(16(17(21)27)25-26-19)22-13-4-5-15-12(9-13)6-7-28-15/h4-7,9-11,14H,8,20H2,1-3H3,(H2,21,27)(H2,22,23,24,26)/t11-,14+/m0/s1. The van der Waals surface area contributed by atoms with Crippen molar-refractivity contribution in [1.29, 1.82) is 0 Å². The second-order valence-corrected chi connectivity index (χ2v) is 8.18. The van der Waals surface area contributed by atoms with E-state index < -0.39 is 5.91 Å². The van der Waals surface area contributed by atoms with E-state index >= 15 is 0 Å². The normalized spacial score (nSPS) is 13.5. The van der Waals surface area contributed by atoms with Gasteiger partial charge in [0.25, 0.3) is 5.91 Å². The first kappa shape index (κ1) is 20.0. The van der Waals surface area contributed by atoms with Crippen molar-refractivity contribution in [2.24, 2.45) is 17.4 Å². The lowest BCUT2D eigenvalue weighted by Crippen LogP contribution is -2.39. The van der Waals surface area contributed by atoms with E-state index in [-0.39, 0.29) is 23.6 Å². The predicted molar refractivity (Wildman–Crippen MR) is 114 cm³/mol. The van der Waals surface area contributed by atoms with E-state index in [1.54, 1.807) is 11.3 Å². The molecule has 3 aromatic rings. The van der Waals surface area contributed by atoms with Crippen molar-refractivity contribution >= 4 is 44.8 Å². The number of anilines is 3. The fraction of sp³-hybridized carbons (Fsp3) is 0.368. The fourth-order valence-electron chi connectivity index (χ4n) is 2.90. The molecule has 1 amide bonds. The number of aromatic nitrogens is 3. The highest BCUT2D eigenvalue weighted by atomic mass is 32.1. The molecule has 28 heavy (non-hydrogen) atoms. The maximum absolute atomic E-state index is 11.8. The van der Waals surface area contributed by atoms with Crippen molar-refractivity contribution < 1.29 is 4.79 Å². The zero-order valence-corrected chi connectivity index (χ0v) is 17.0. The summed E-state index contributed by atoms with van der Waals surface area (Å²) < 4.78 is 1.18. The maximum Gasteiger partial charge on any atom is 0.273 e. The molecule has 0 spiro atoms. The van der Waals surface area contributed by atoms with Crippen molar-refractivity contribution in [3.63, 3.8) is 0 Å². The Bertz CT molecular complexity index is 970. The van der Waals surface area contributed by atoms with Gasteiger partial charge in [-0.1, -0.05) is 13.8 Å². The summed E-state index contributed by atoms with van der Waals surface area (Å²) >= 11 is 1.67. The lowest BCUT2D eigenvalue weighted by atomic mass is 9.99. The largest absolute Gasteiger partial charge is 0.364 e. The van der Waals surface area contributed by atoms with Crippen molar-refractivity contribution in [1.82, 2.24) is 15.2 Å². The molecule has 6 N–H and O–H groups in total. The van der Waals surface area contributed by atoms with Crippen molar-refractivity contribution in [3.05, 3.63) is 35.3 Å². The molecule has 3 rings (SSSR count). The maximum atomic E-state index is 11.8. The second-order valence-electron chi connectivity index (χ2n) is 7.23. The molecule has 1 aromatic carbocycles. The van der Waals surface area contributed by atoms with Gasteiger partial charge in [0.15, 0.2) is 11.5 Å². The molecule has 0 aliphatic carbocycles. The van der Waals surface area contributed by atoms with E-state index in [9.17, 15) is 4.79 Å². The van der Waals surface area contributed by atoms with E-state index in [1.807, 2.05) is 36.6 Å². The molecule has 0 saturated carbocycles. The van der Waals surface area contributed by atoms with Gasteiger partial charge >= 0.3 is 0 Å². The van der Waals surface area contributed by atoms with Gasteiger partial charge in [-0.2, -0.15) is 4.98 Å². The first-order chi connectivity index (χ1) is 13.3. The number of nitrogens with one attached hydrogen (secondary N) is 2. The summed E-state index contributed by atoms with van der Waals surface area (Å²) in [5.74, 6) is 0.312. The molecule has 0 aliphatic heterocycles. The van der Waals surface area contributed by atoms with Crippen LogP contribution < -0.4 is 22.1 Å². The number of carbonyl (C=O) groups excluding carboxylic acids is 1. The molecule has 148 valence electrons. The Kier molecular flexibility index (Phi) is 6.05. The van der Waals surface area contributed by atoms with Crippen molar-refractivity contribution in [2.45, 2.75) is 39.3 Å². The predicted octanol–water partition coefficient (Wildman–Crippen LogP) is 3.10. The molecule has 8 nitrogen and oxygen atoms in total. The van der Waals surface area contributed by atoms with Crippen LogP contribution >= 0.6 is 11.3 Å². The minimum Gasteiger partial charge on any atom is -0.364 e. The number of carbonyl (C=O) groups is 1. The van der Waals surface area contributed by atoms with Crippen molar-refractivity contribution in [2.75, 3.05) is 10.6 Å². The first-order valence-corrected chi connectivity index (χ1v) is 10.0. The minimum absolute atomic E-state index is 0.0165. The molecule has 9 heteroatoms. The summed E-state index contributed by atoms with van der Waals surface area (Å²) in [7, 11) is 0. The van der Waals surface area contributed by atoms with Crippen LogP contribution in [0.1, 0.15) is 37.7 Å². The van der Waals surface area contributed by atoms with Gasteiger partial charge < -0.3 is 22.1 Å². The zero-order chi connectivity index (χ0) is 20.3. The number of hydrogen-bond acceptors (Lipinski definition) is 8. The van der Waals surface area contributed by atoms with Gasteiger partial charge in [-0.05, 0) is 54.3 Å². The summed E-state index contributed by atoms with van der Waals surface area (Å²) in [6.07, 6.45) is 0.857. The highest BCUT2D eigenvalue weighted by Gasteiger charge is 2.19. The first-order valence-electron chi connectivity index (χ1n) is 9.14. The van der Waals surface area contributed by atoms with E-state index in [0.29, 0.717) is 11.9 Å². The average Bonchev–Trinajstić information content (AvgIpc) is 3.08. The molecule has 2 atom stereocenters. The van der Waals surface area contributed by atoms with Gasteiger partial charge in [0.1, 0.15) is 0 Å². The highest BCUT2D eigenvalue weighted by Crippen LogP contribution is 2.26. The van der Waals surface area contributed by atoms with Crippen LogP contribution in [0.2, 0.25) is 0 Å². The van der Waals surface area contributed by atoms with Gasteiger partial charge in [-0.15, -0.1) is 21.5 Å². The number of nitrogens with two attached hydrogens (primary N) is 2. The average molecular weight is 400 g/mol. The van der Waals surface area contributed by atoms with E-state index in [0.717, 1.165) is 17.5 Å². The third-order valence-corrected chi connectivity index (χ3v) is 5.21. The summed E-state index contributed by atoms with van der Waals surface area (Å²) in [6, 6.07) is 7.83. The monoisotopic (exact) mass is 399 g/mol. The smallest absolute Gasteiger partial charge is 0.273 e. The molecular weight excluding hydrogens is 374 g/mol. The van der Waals surface area contributed by atoms with Gasteiger partial charge in [0.2, 0.25) is 5.95 Å². The van der Waals surface area contributed by atoms with Gasteiger partial charge in [0, 0.05) is 22.5 Å². The number of fused-ring (bicyclic) bond motifs is 1. The zero-order valence-electron chi connectivity index (χ0n) is 16.1. The summed E-state index contributed by atoms with van der Waals surface area (Å²) in [5.41, 5.74) is 12.3. The van der Waals surface area contributed by atoms with Crippen LogP contribution in [0.3, 0.4) is 0 Å². The van der Waals surface area contributed by atoms with Crippen LogP contribution in [0, 0.1) is 5.92 Å². The van der Waals surface area contributed by atoms with Gasteiger partial charge in [-0.3, -0.25) is 4.79 Å².